The third kappa shape index (κ3) is 2.28. The molecule has 0 aliphatic heterocycles. The van der Waals surface area contributed by atoms with E-state index in [2.05, 4.69) is 15.9 Å². The monoisotopic (exact) mass is 276 g/mol. The maximum absolute atomic E-state index is 11.6. The number of carbonyl (C=O) groups is 1. The van der Waals surface area contributed by atoms with Gasteiger partial charge in [0.25, 0.3) is 0 Å². The maximum Gasteiger partial charge on any atom is 0.181 e. The second-order valence-corrected chi connectivity index (χ2v) is 4.25. The molecule has 1 aromatic carbocycles. The smallest absolute Gasteiger partial charge is 0.181 e. The number of halogens is 2. The first-order valence-electron chi connectivity index (χ1n) is 4.08. The molecule has 0 fully saturated rings. The number of Topliss-reactive ketones (excluding diaryl/α,β-unsaturated/α-hetero) is 1. The summed E-state index contributed by atoms with van der Waals surface area (Å²) in [5.74, 6) is 0.519. The van der Waals surface area contributed by atoms with E-state index < -0.39 is 5.38 Å². The van der Waals surface area contributed by atoms with Crippen LogP contribution in [0.5, 0.6) is 5.75 Å². The van der Waals surface area contributed by atoms with Gasteiger partial charge in [0, 0.05) is 5.56 Å². The largest absolute Gasteiger partial charge is 0.496 e. The van der Waals surface area contributed by atoms with Crippen molar-refractivity contribution in [2.24, 2.45) is 0 Å². The summed E-state index contributed by atoms with van der Waals surface area (Å²) in [4.78, 5) is 11.6. The number of carbonyl (C=O) groups excluding carboxylic acids is 1. The predicted molar refractivity (Wildman–Crippen MR) is 60.3 cm³/mol. The Morgan fingerprint density at radius 1 is 1.57 bits per heavy atom. The van der Waals surface area contributed by atoms with Crippen molar-refractivity contribution >= 4 is 33.3 Å². The highest BCUT2D eigenvalue weighted by Crippen LogP contribution is 2.29. The summed E-state index contributed by atoms with van der Waals surface area (Å²) in [7, 11) is 1.55. The molecule has 2 nitrogen and oxygen atoms in total. The van der Waals surface area contributed by atoms with Crippen LogP contribution in [0, 0.1) is 0 Å². The summed E-state index contributed by atoms with van der Waals surface area (Å²) in [6, 6.07) is 5.25. The van der Waals surface area contributed by atoms with Crippen molar-refractivity contribution in [3.05, 3.63) is 28.2 Å². The van der Waals surface area contributed by atoms with Gasteiger partial charge < -0.3 is 4.74 Å². The number of ether oxygens (including phenoxy) is 1. The van der Waals surface area contributed by atoms with Gasteiger partial charge in [-0.15, -0.1) is 11.6 Å². The van der Waals surface area contributed by atoms with Gasteiger partial charge in [0.2, 0.25) is 0 Å². The van der Waals surface area contributed by atoms with Crippen molar-refractivity contribution in [2.45, 2.75) is 12.3 Å². The van der Waals surface area contributed by atoms with Crippen LogP contribution in [0.25, 0.3) is 0 Å². The Bertz CT molecular complexity index is 350. The van der Waals surface area contributed by atoms with Gasteiger partial charge in [0.05, 0.1) is 17.0 Å². The summed E-state index contributed by atoms with van der Waals surface area (Å²) in [6.07, 6.45) is 0. The van der Waals surface area contributed by atoms with Gasteiger partial charge in [-0.05, 0) is 35.0 Å². The lowest BCUT2D eigenvalue weighted by Gasteiger charge is -2.08. The number of alkyl halides is 1. The van der Waals surface area contributed by atoms with Gasteiger partial charge in [0.1, 0.15) is 5.75 Å². The average Bonchev–Trinajstić information content (AvgIpc) is 2.17. The zero-order valence-electron chi connectivity index (χ0n) is 7.88. The Balaban J connectivity index is 3.16. The Hall–Kier alpha value is -0.540. The first-order valence-corrected chi connectivity index (χ1v) is 5.31. The molecule has 1 rings (SSSR count). The Labute approximate surface area is 96.3 Å². The molecular weight excluding hydrogens is 267 g/mol. The van der Waals surface area contributed by atoms with E-state index in [-0.39, 0.29) is 5.78 Å². The molecule has 0 bridgehead atoms. The molecule has 1 aromatic rings. The summed E-state index contributed by atoms with van der Waals surface area (Å²) < 4.78 is 5.73. The third-order valence-electron chi connectivity index (χ3n) is 1.81. The summed E-state index contributed by atoms with van der Waals surface area (Å²) >= 11 is 9.02. The van der Waals surface area contributed by atoms with Gasteiger partial charge in [-0.2, -0.15) is 0 Å². The molecule has 0 N–H and O–H groups in total. The van der Waals surface area contributed by atoms with Crippen molar-refractivity contribution < 1.29 is 9.53 Å². The molecule has 14 heavy (non-hydrogen) atoms. The molecule has 0 aliphatic carbocycles. The second kappa shape index (κ2) is 4.80. The molecule has 1 atom stereocenters. The highest BCUT2D eigenvalue weighted by Gasteiger charge is 2.17. The molecular formula is C10H10BrClO2. The van der Waals surface area contributed by atoms with Crippen molar-refractivity contribution in [1.29, 1.82) is 0 Å². The van der Waals surface area contributed by atoms with Crippen LogP contribution >= 0.6 is 27.5 Å². The van der Waals surface area contributed by atoms with Crippen LogP contribution in [-0.4, -0.2) is 18.3 Å². The molecule has 0 aliphatic rings. The van der Waals surface area contributed by atoms with Crippen molar-refractivity contribution in [3.8, 4) is 5.75 Å². The van der Waals surface area contributed by atoms with Gasteiger partial charge >= 0.3 is 0 Å². The number of ketones is 1. The van der Waals surface area contributed by atoms with E-state index in [4.69, 9.17) is 16.3 Å². The minimum atomic E-state index is -0.529. The van der Waals surface area contributed by atoms with Crippen LogP contribution in [0.2, 0.25) is 0 Å². The van der Waals surface area contributed by atoms with Crippen molar-refractivity contribution in [1.82, 2.24) is 0 Å². The van der Waals surface area contributed by atoms with Crippen molar-refractivity contribution in [3.63, 3.8) is 0 Å². The van der Waals surface area contributed by atoms with Crippen LogP contribution in [0.3, 0.4) is 0 Å². The molecule has 1 unspecified atom stereocenters. The number of rotatable bonds is 3. The number of methoxy groups -OCH3 is 1. The second-order valence-electron chi connectivity index (χ2n) is 2.80. The van der Waals surface area contributed by atoms with E-state index in [1.165, 1.54) is 0 Å². The zero-order valence-corrected chi connectivity index (χ0v) is 10.2. The lowest BCUT2D eigenvalue weighted by Crippen LogP contribution is -2.11. The van der Waals surface area contributed by atoms with Crippen LogP contribution in [0.4, 0.5) is 0 Å². The zero-order chi connectivity index (χ0) is 10.7. The minimum absolute atomic E-state index is 0.113. The van der Waals surface area contributed by atoms with E-state index in [1.807, 2.05) is 0 Å². The lowest BCUT2D eigenvalue weighted by atomic mass is 10.1. The fraction of sp³-hybridized carbons (Fsp3) is 0.300. The summed E-state index contributed by atoms with van der Waals surface area (Å²) in [5.41, 5.74) is 0.548. The molecule has 76 valence electrons. The SMILES string of the molecule is COc1cccc(C(=O)C(C)Cl)c1Br. The number of benzene rings is 1. The van der Waals surface area contributed by atoms with Gasteiger partial charge in [-0.25, -0.2) is 0 Å². The molecule has 0 saturated carbocycles. The fourth-order valence-electron chi connectivity index (χ4n) is 1.07. The highest BCUT2D eigenvalue weighted by molar-refractivity contribution is 9.10. The van der Waals surface area contributed by atoms with Crippen LogP contribution in [-0.2, 0) is 0 Å². The highest BCUT2D eigenvalue weighted by atomic mass is 79.9. The van der Waals surface area contributed by atoms with Gasteiger partial charge in [0.15, 0.2) is 5.78 Å². The predicted octanol–water partition coefficient (Wildman–Crippen LogP) is 3.27. The molecule has 4 heteroatoms. The Morgan fingerprint density at radius 2 is 2.21 bits per heavy atom. The fourth-order valence-corrected chi connectivity index (χ4v) is 1.81. The van der Waals surface area contributed by atoms with E-state index in [0.29, 0.717) is 15.8 Å². The average molecular weight is 278 g/mol. The molecule has 0 aromatic heterocycles. The quantitative estimate of drug-likeness (QED) is 0.626. The first kappa shape index (κ1) is 11.5. The number of hydrogen-bond donors (Lipinski definition) is 0. The van der Waals surface area contributed by atoms with E-state index in [9.17, 15) is 4.79 Å². The third-order valence-corrected chi connectivity index (χ3v) is 2.83. The van der Waals surface area contributed by atoms with Crippen molar-refractivity contribution in [2.75, 3.05) is 7.11 Å². The Morgan fingerprint density at radius 3 is 2.71 bits per heavy atom. The van der Waals surface area contributed by atoms with Crippen LogP contribution in [0.15, 0.2) is 22.7 Å². The topological polar surface area (TPSA) is 26.3 Å². The molecule has 0 amide bonds. The van der Waals surface area contributed by atoms with Crippen LogP contribution < -0.4 is 4.74 Å². The molecule has 0 radical (unpaired) electrons. The van der Waals surface area contributed by atoms with E-state index in [0.717, 1.165) is 0 Å². The lowest BCUT2D eigenvalue weighted by molar-refractivity contribution is 0.0990. The minimum Gasteiger partial charge on any atom is -0.496 e. The summed E-state index contributed by atoms with van der Waals surface area (Å²) in [6.45, 7) is 1.65. The number of hydrogen-bond acceptors (Lipinski definition) is 2. The van der Waals surface area contributed by atoms with E-state index in [1.54, 1.807) is 32.2 Å². The van der Waals surface area contributed by atoms with Gasteiger partial charge in [-0.3, -0.25) is 4.79 Å². The first-order chi connectivity index (χ1) is 6.57. The molecule has 0 spiro atoms. The Kier molecular flexibility index (Phi) is 3.96. The van der Waals surface area contributed by atoms with E-state index >= 15 is 0 Å². The molecule has 0 saturated heterocycles. The molecule has 0 heterocycles. The summed E-state index contributed by atoms with van der Waals surface area (Å²) in [5, 5.41) is -0.529. The normalized spacial score (nSPS) is 12.3. The van der Waals surface area contributed by atoms with Gasteiger partial charge in [-0.1, -0.05) is 6.07 Å². The van der Waals surface area contributed by atoms with Crippen LogP contribution in [0.1, 0.15) is 17.3 Å². The standard InChI is InChI=1S/C10H10BrClO2/c1-6(12)10(13)7-4-3-5-8(14-2)9(7)11/h3-6H,1-2H3. The maximum atomic E-state index is 11.6.